The van der Waals surface area contributed by atoms with Crippen LogP contribution in [0.3, 0.4) is 0 Å². The first-order chi connectivity index (χ1) is 9.81. The fourth-order valence-corrected chi connectivity index (χ4v) is 1.24. The van der Waals surface area contributed by atoms with Gasteiger partial charge < -0.3 is 15.2 Å². The molecule has 1 rings (SSSR count). The minimum Gasteiger partial charge on any atom is -0.459 e. The van der Waals surface area contributed by atoms with Crippen molar-refractivity contribution < 1.29 is 36.6 Å². The van der Waals surface area contributed by atoms with E-state index in [9.17, 15) is 27.2 Å². The van der Waals surface area contributed by atoms with Crippen LogP contribution in [-0.4, -0.2) is 25.2 Å². The van der Waals surface area contributed by atoms with E-state index in [4.69, 9.17) is 5.73 Å². The van der Waals surface area contributed by atoms with Gasteiger partial charge in [-0.05, 0) is 0 Å². The molecule has 9 heteroatoms. The van der Waals surface area contributed by atoms with Gasteiger partial charge in [-0.1, -0.05) is 6.58 Å². The average molecular weight is 307 g/mol. The van der Waals surface area contributed by atoms with E-state index >= 15 is 0 Å². The second kappa shape index (κ2) is 6.73. The zero-order chi connectivity index (χ0) is 16.2. The number of nitrogen functional groups attached to an aromatic ring is 1. The molecule has 2 N–H and O–H groups in total. The summed E-state index contributed by atoms with van der Waals surface area (Å²) in [6, 6.07) is 0. The van der Waals surface area contributed by atoms with Gasteiger partial charge in [0.25, 0.3) is 0 Å². The molecule has 0 spiro atoms. The second-order valence-electron chi connectivity index (χ2n) is 3.55. The van der Waals surface area contributed by atoms with Gasteiger partial charge in [0.15, 0.2) is 23.3 Å². The van der Waals surface area contributed by atoms with Gasteiger partial charge >= 0.3 is 11.9 Å². The first kappa shape index (κ1) is 16.5. The number of carbonyl (C=O) groups is 2. The Balaban J connectivity index is 2.84. The molecule has 1 aromatic carbocycles. The number of hydrogen-bond donors (Lipinski definition) is 1. The monoisotopic (exact) mass is 307 g/mol. The Bertz CT molecular complexity index is 574. The van der Waals surface area contributed by atoms with Crippen LogP contribution in [0.1, 0.15) is 10.4 Å². The number of anilines is 1. The van der Waals surface area contributed by atoms with Crippen molar-refractivity contribution >= 4 is 17.6 Å². The van der Waals surface area contributed by atoms with E-state index in [1.54, 1.807) is 0 Å². The molecule has 5 nitrogen and oxygen atoms in total. The molecule has 0 aliphatic rings. The lowest BCUT2D eigenvalue weighted by molar-refractivity contribution is -0.138. The van der Waals surface area contributed by atoms with E-state index in [-0.39, 0.29) is 0 Å². The predicted molar refractivity (Wildman–Crippen MR) is 62.1 cm³/mol. The highest BCUT2D eigenvalue weighted by Gasteiger charge is 2.29. The standard InChI is InChI=1S/C12H9F4NO4/c1-2-5(18)20-3-4-21-12(19)6-7(13)9(15)11(17)10(16)8(6)14/h2H,1,3-4,17H2. The highest BCUT2D eigenvalue weighted by Crippen LogP contribution is 2.26. The third-order valence-corrected chi connectivity index (χ3v) is 2.23. The Kier molecular flexibility index (Phi) is 5.28. The zero-order valence-corrected chi connectivity index (χ0v) is 10.4. The topological polar surface area (TPSA) is 78.6 Å². The largest absolute Gasteiger partial charge is 0.459 e. The second-order valence-corrected chi connectivity index (χ2v) is 3.55. The summed E-state index contributed by atoms with van der Waals surface area (Å²) in [6.45, 7) is 2.09. The lowest BCUT2D eigenvalue weighted by Crippen LogP contribution is -2.18. The van der Waals surface area contributed by atoms with Gasteiger partial charge in [-0.2, -0.15) is 0 Å². The molecule has 114 valence electrons. The summed E-state index contributed by atoms with van der Waals surface area (Å²) in [4.78, 5) is 22.0. The maximum absolute atomic E-state index is 13.4. The van der Waals surface area contributed by atoms with Crippen LogP contribution in [0.2, 0.25) is 0 Å². The zero-order valence-electron chi connectivity index (χ0n) is 10.4. The Morgan fingerprint density at radius 2 is 1.48 bits per heavy atom. The van der Waals surface area contributed by atoms with E-state index in [1.165, 1.54) is 0 Å². The Morgan fingerprint density at radius 3 is 1.95 bits per heavy atom. The van der Waals surface area contributed by atoms with E-state index < -0.39 is 59.7 Å². The number of carbonyl (C=O) groups excluding carboxylic acids is 2. The Labute approximate surface area is 115 Å². The molecule has 21 heavy (non-hydrogen) atoms. The summed E-state index contributed by atoms with van der Waals surface area (Å²) in [7, 11) is 0. The summed E-state index contributed by atoms with van der Waals surface area (Å²) >= 11 is 0. The number of halogens is 4. The average Bonchev–Trinajstić information content (AvgIpc) is 2.47. The molecule has 0 amide bonds. The molecule has 0 aliphatic heterocycles. The van der Waals surface area contributed by atoms with E-state index in [1.807, 2.05) is 0 Å². The van der Waals surface area contributed by atoms with Crippen molar-refractivity contribution in [2.24, 2.45) is 0 Å². The van der Waals surface area contributed by atoms with E-state index in [0.29, 0.717) is 0 Å². The van der Waals surface area contributed by atoms with Crippen LogP contribution in [0.15, 0.2) is 12.7 Å². The molecule has 0 atom stereocenters. The molecule has 0 saturated heterocycles. The van der Waals surface area contributed by atoms with E-state index in [2.05, 4.69) is 16.1 Å². The minimum absolute atomic E-state index is 0.431. The van der Waals surface area contributed by atoms with E-state index in [0.717, 1.165) is 6.08 Å². The molecular formula is C12H9F4NO4. The molecule has 0 aromatic heterocycles. The van der Waals surface area contributed by atoms with Gasteiger partial charge in [0.05, 0.1) is 0 Å². The third kappa shape index (κ3) is 3.50. The van der Waals surface area contributed by atoms with Crippen molar-refractivity contribution in [3.05, 3.63) is 41.5 Å². The molecule has 0 radical (unpaired) electrons. The van der Waals surface area contributed by atoms with Crippen LogP contribution in [0.25, 0.3) is 0 Å². The summed E-state index contributed by atoms with van der Waals surface area (Å²) in [6.07, 6.45) is 0.839. The van der Waals surface area contributed by atoms with Gasteiger partial charge in [0.2, 0.25) is 0 Å². The quantitative estimate of drug-likeness (QED) is 0.224. The highest BCUT2D eigenvalue weighted by molar-refractivity contribution is 5.90. The molecule has 0 unspecified atom stereocenters. The van der Waals surface area contributed by atoms with Gasteiger partial charge in [0.1, 0.15) is 24.5 Å². The van der Waals surface area contributed by atoms with Crippen LogP contribution in [0.4, 0.5) is 23.2 Å². The van der Waals surface area contributed by atoms with Gasteiger partial charge in [0, 0.05) is 6.08 Å². The number of ether oxygens (including phenoxy) is 2. The summed E-state index contributed by atoms with van der Waals surface area (Å²) in [5, 5.41) is 0. The van der Waals surface area contributed by atoms with Crippen molar-refractivity contribution in [2.75, 3.05) is 18.9 Å². The first-order valence-electron chi connectivity index (χ1n) is 5.39. The van der Waals surface area contributed by atoms with Crippen molar-refractivity contribution in [1.29, 1.82) is 0 Å². The van der Waals surface area contributed by atoms with Crippen molar-refractivity contribution in [1.82, 2.24) is 0 Å². The van der Waals surface area contributed by atoms with Crippen LogP contribution < -0.4 is 5.73 Å². The van der Waals surface area contributed by atoms with Crippen LogP contribution in [0.5, 0.6) is 0 Å². The summed E-state index contributed by atoms with van der Waals surface area (Å²) in [5.41, 5.74) is 1.83. The maximum Gasteiger partial charge on any atom is 0.344 e. The summed E-state index contributed by atoms with van der Waals surface area (Å²) in [5.74, 6) is -10.2. The maximum atomic E-state index is 13.4. The molecule has 0 heterocycles. The van der Waals surface area contributed by atoms with Crippen molar-refractivity contribution in [3.8, 4) is 0 Å². The van der Waals surface area contributed by atoms with Crippen molar-refractivity contribution in [2.45, 2.75) is 0 Å². The number of nitrogens with two attached hydrogens (primary N) is 1. The molecule has 0 aliphatic carbocycles. The number of rotatable bonds is 5. The van der Waals surface area contributed by atoms with Crippen LogP contribution >= 0.6 is 0 Å². The minimum atomic E-state index is -1.97. The summed E-state index contributed by atoms with van der Waals surface area (Å²) < 4.78 is 61.8. The first-order valence-corrected chi connectivity index (χ1v) is 5.39. The lowest BCUT2D eigenvalue weighted by Gasteiger charge is -2.09. The smallest absolute Gasteiger partial charge is 0.344 e. The van der Waals surface area contributed by atoms with Gasteiger partial charge in [-0.3, -0.25) is 0 Å². The lowest BCUT2D eigenvalue weighted by atomic mass is 10.1. The highest BCUT2D eigenvalue weighted by atomic mass is 19.2. The fraction of sp³-hybridized carbons (Fsp3) is 0.167. The molecule has 0 saturated carbocycles. The molecule has 0 bridgehead atoms. The SMILES string of the molecule is C=CC(=O)OCCOC(=O)c1c(F)c(F)c(N)c(F)c1F. The number of esters is 2. The fourth-order valence-electron chi connectivity index (χ4n) is 1.24. The predicted octanol–water partition coefficient (Wildman–Crippen LogP) is 1.71. The normalized spacial score (nSPS) is 10.1. The van der Waals surface area contributed by atoms with Crippen LogP contribution in [0, 0.1) is 23.3 Å². The molecule has 0 fully saturated rings. The number of hydrogen-bond acceptors (Lipinski definition) is 5. The molecular weight excluding hydrogens is 298 g/mol. The molecule has 1 aromatic rings. The van der Waals surface area contributed by atoms with Crippen LogP contribution in [-0.2, 0) is 14.3 Å². The van der Waals surface area contributed by atoms with Gasteiger partial charge in [-0.25, -0.2) is 27.2 Å². The number of benzene rings is 1. The van der Waals surface area contributed by atoms with Gasteiger partial charge in [-0.15, -0.1) is 0 Å². The Hall–Kier alpha value is -2.58. The van der Waals surface area contributed by atoms with Crippen molar-refractivity contribution in [3.63, 3.8) is 0 Å². The Morgan fingerprint density at radius 1 is 1.00 bits per heavy atom. The third-order valence-electron chi connectivity index (χ3n) is 2.23.